The fraction of sp³-hybridized carbons (Fsp3) is 0.364. The third-order valence-electron chi connectivity index (χ3n) is 2.52. The number of hydrogen-bond acceptors (Lipinski definition) is 1. The van der Waals surface area contributed by atoms with E-state index in [0.29, 0.717) is 13.1 Å². The Morgan fingerprint density at radius 3 is 2.80 bits per heavy atom. The highest BCUT2D eigenvalue weighted by Crippen LogP contribution is 2.18. The summed E-state index contributed by atoms with van der Waals surface area (Å²) in [6.45, 7) is 1.12. The molecule has 0 N–H and O–H groups in total. The van der Waals surface area contributed by atoms with Gasteiger partial charge in [-0.2, -0.15) is 0 Å². The molecule has 1 fully saturated rings. The molecule has 2 nitrogen and oxygen atoms in total. The van der Waals surface area contributed by atoms with Crippen LogP contribution >= 0.6 is 11.6 Å². The van der Waals surface area contributed by atoms with Gasteiger partial charge in [0.25, 0.3) is 5.91 Å². The van der Waals surface area contributed by atoms with Crippen molar-refractivity contribution in [1.29, 1.82) is 0 Å². The van der Waals surface area contributed by atoms with Crippen LogP contribution in [0.1, 0.15) is 16.8 Å². The molecule has 80 valence electrons. The van der Waals surface area contributed by atoms with Crippen molar-refractivity contribution < 1.29 is 9.18 Å². The molecule has 15 heavy (non-hydrogen) atoms. The summed E-state index contributed by atoms with van der Waals surface area (Å²) in [5.74, 6) is -0.739. The van der Waals surface area contributed by atoms with Crippen LogP contribution in [0.25, 0.3) is 0 Å². The van der Waals surface area contributed by atoms with Crippen molar-refractivity contribution >= 4 is 17.5 Å². The first kappa shape index (κ1) is 10.4. The molecule has 1 aliphatic heterocycles. The number of likely N-dealkylation sites (tertiary alicyclic amines) is 1. The van der Waals surface area contributed by atoms with Gasteiger partial charge in [0.15, 0.2) is 0 Å². The van der Waals surface area contributed by atoms with Gasteiger partial charge >= 0.3 is 0 Å². The van der Waals surface area contributed by atoms with Crippen molar-refractivity contribution in [2.75, 3.05) is 13.1 Å². The molecule has 1 saturated heterocycles. The van der Waals surface area contributed by atoms with Crippen LogP contribution in [0.15, 0.2) is 24.3 Å². The normalized spacial score (nSPS) is 20.7. The molecule has 0 aromatic heterocycles. The van der Waals surface area contributed by atoms with E-state index in [1.807, 2.05) is 0 Å². The van der Waals surface area contributed by atoms with E-state index in [1.165, 1.54) is 12.1 Å². The second-order valence-electron chi connectivity index (χ2n) is 3.62. The third-order valence-corrected chi connectivity index (χ3v) is 2.88. The molecular weight excluding hydrogens is 217 g/mol. The van der Waals surface area contributed by atoms with Gasteiger partial charge in [0.1, 0.15) is 5.82 Å². The van der Waals surface area contributed by atoms with Gasteiger partial charge in [-0.1, -0.05) is 12.1 Å². The molecule has 1 unspecified atom stereocenters. The Bertz CT molecular complexity index is 383. The molecule has 1 amide bonds. The lowest BCUT2D eigenvalue weighted by molar-refractivity contribution is 0.0788. The molecular formula is C11H11ClFNO. The predicted octanol–water partition coefficient (Wildman–Crippen LogP) is 2.28. The first-order valence-electron chi connectivity index (χ1n) is 4.86. The van der Waals surface area contributed by atoms with Gasteiger partial charge in [0, 0.05) is 13.1 Å². The Kier molecular flexibility index (Phi) is 2.91. The molecule has 1 heterocycles. The van der Waals surface area contributed by atoms with E-state index in [9.17, 15) is 9.18 Å². The standard InChI is InChI=1S/C11H11ClFNO/c12-8-5-6-14(7-8)11(15)9-3-1-2-4-10(9)13/h1-4,8H,5-7H2. The van der Waals surface area contributed by atoms with Crippen molar-refractivity contribution in [2.45, 2.75) is 11.8 Å². The van der Waals surface area contributed by atoms with Gasteiger partial charge < -0.3 is 4.90 Å². The summed E-state index contributed by atoms with van der Waals surface area (Å²) in [5, 5.41) is 0.000670. The average molecular weight is 228 g/mol. The number of carbonyl (C=O) groups excluding carboxylic acids is 1. The van der Waals surface area contributed by atoms with Crippen molar-refractivity contribution in [3.63, 3.8) is 0 Å². The zero-order valence-electron chi connectivity index (χ0n) is 8.12. The van der Waals surface area contributed by atoms with Crippen LogP contribution in [0, 0.1) is 5.82 Å². The Hall–Kier alpha value is -1.09. The number of amides is 1. The number of carbonyl (C=O) groups is 1. The molecule has 0 radical (unpaired) electrons. The molecule has 1 aliphatic rings. The molecule has 1 atom stereocenters. The van der Waals surface area contributed by atoms with Crippen LogP contribution < -0.4 is 0 Å². The largest absolute Gasteiger partial charge is 0.337 e. The van der Waals surface area contributed by atoms with E-state index >= 15 is 0 Å². The van der Waals surface area contributed by atoms with Crippen LogP contribution in [0.3, 0.4) is 0 Å². The minimum Gasteiger partial charge on any atom is -0.337 e. The average Bonchev–Trinajstić information content (AvgIpc) is 2.65. The van der Waals surface area contributed by atoms with E-state index in [-0.39, 0.29) is 16.8 Å². The highest BCUT2D eigenvalue weighted by molar-refractivity contribution is 6.21. The number of hydrogen-bond donors (Lipinski definition) is 0. The van der Waals surface area contributed by atoms with Gasteiger partial charge in [-0.15, -0.1) is 11.6 Å². The smallest absolute Gasteiger partial charge is 0.256 e. The van der Waals surface area contributed by atoms with Crippen LogP contribution in [0.4, 0.5) is 4.39 Å². The minimum absolute atomic E-state index is 0.000670. The molecule has 0 spiro atoms. The SMILES string of the molecule is O=C(c1ccccc1F)N1CCC(Cl)C1. The first-order valence-corrected chi connectivity index (χ1v) is 5.30. The zero-order valence-corrected chi connectivity index (χ0v) is 8.88. The number of benzene rings is 1. The lowest BCUT2D eigenvalue weighted by atomic mass is 10.2. The number of rotatable bonds is 1. The van der Waals surface area contributed by atoms with E-state index in [2.05, 4.69) is 0 Å². The van der Waals surface area contributed by atoms with E-state index in [4.69, 9.17) is 11.6 Å². The van der Waals surface area contributed by atoms with Crippen molar-refractivity contribution in [1.82, 2.24) is 4.90 Å². The van der Waals surface area contributed by atoms with Crippen molar-refractivity contribution in [2.24, 2.45) is 0 Å². The van der Waals surface area contributed by atoms with Crippen LogP contribution in [-0.2, 0) is 0 Å². The monoisotopic (exact) mass is 227 g/mol. The third kappa shape index (κ3) is 2.12. The fourth-order valence-electron chi connectivity index (χ4n) is 1.71. The zero-order chi connectivity index (χ0) is 10.8. The van der Waals surface area contributed by atoms with Gasteiger partial charge in [-0.05, 0) is 18.6 Å². The maximum Gasteiger partial charge on any atom is 0.256 e. The first-order chi connectivity index (χ1) is 7.18. The molecule has 0 saturated carbocycles. The van der Waals surface area contributed by atoms with Crippen molar-refractivity contribution in [3.8, 4) is 0 Å². The molecule has 0 bridgehead atoms. The molecule has 1 aromatic rings. The summed E-state index contributed by atoms with van der Waals surface area (Å²) in [5.41, 5.74) is 0.128. The topological polar surface area (TPSA) is 20.3 Å². The fourth-order valence-corrected chi connectivity index (χ4v) is 1.97. The lowest BCUT2D eigenvalue weighted by Gasteiger charge is -2.15. The Morgan fingerprint density at radius 2 is 2.20 bits per heavy atom. The summed E-state index contributed by atoms with van der Waals surface area (Å²) in [4.78, 5) is 13.4. The highest BCUT2D eigenvalue weighted by atomic mass is 35.5. The summed E-state index contributed by atoms with van der Waals surface area (Å²) in [6.07, 6.45) is 0.780. The lowest BCUT2D eigenvalue weighted by Crippen LogP contribution is -2.29. The maximum absolute atomic E-state index is 13.3. The van der Waals surface area contributed by atoms with Crippen molar-refractivity contribution in [3.05, 3.63) is 35.6 Å². The highest BCUT2D eigenvalue weighted by Gasteiger charge is 2.26. The molecule has 4 heteroatoms. The number of halogens is 2. The second kappa shape index (κ2) is 4.19. The van der Waals surface area contributed by atoms with E-state index < -0.39 is 5.82 Å². The quantitative estimate of drug-likeness (QED) is 0.674. The predicted molar refractivity (Wildman–Crippen MR) is 56.6 cm³/mol. The minimum atomic E-state index is -0.472. The van der Waals surface area contributed by atoms with Gasteiger partial charge in [0.05, 0.1) is 10.9 Å². The van der Waals surface area contributed by atoms with E-state index in [1.54, 1.807) is 17.0 Å². The number of nitrogens with zero attached hydrogens (tertiary/aromatic N) is 1. The number of alkyl halides is 1. The Morgan fingerprint density at radius 1 is 1.47 bits per heavy atom. The van der Waals surface area contributed by atoms with Crippen LogP contribution in [-0.4, -0.2) is 29.3 Å². The summed E-state index contributed by atoms with van der Waals surface area (Å²) < 4.78 is 13.3. The summed E-state index contributed by atoms with van der Waals surface area (Å²) >= 11 is 5.89. The van der Waals surface area contributed by atoms with Gasteiger partial charge in [-0.3, -0.25) is 4.79 Å². The summed E-state index contributed by atoms with van der Waals surface area (Å²) in [7, 11) is 0. The van der Waals surface area contributed by atoms with E-state index in [0.717, 1.165) is 6.42 Å². The summed E-state index contributed by atoms with van der Waals surface area (Å²) in [6, 6.07) is 6.02. The molecule has 2 rings (SSSR count). The van der Waals surface area contributed by atoms with Gasteiger partial charge in [-0.25, -0.2) is 4.39 Å². The second-order valence-corrected chi connectivity index (χ2v) is 4.23. The molecule has 0 aliphatic carbocycles. The molecule has 1 aromatic carbocycles. The Balaban J connectivity index is 2.18. The Labute approximate surface area is 92.6 Å². The van der Waals surface area contributed by atoms with Crippen LogP contribution in [0.2, 0.25) is 0 Å². The van der Waals surface area contributed by atoms with Crippen LogP contribution in [0.5, 0.6) is 0 Å². The maximum atomic E-state index is 13.3. The van der Waals surface area contributed by atoms with Gasteiger partial charge in [0.2, 0.25) is 0 Å².